The van der Waals surface area contributed by atoms with E-state index in [0.29, 0.717) is 12.5 Å². The van der Waals surface area contributed by atoms with Crippen molar-refractivity contribution in [3.8, 4) is 0 Å². The van der Waals surface area contributed by atoms with E-state index in [0.717, 1.165) is 12.8 Å². The summed E-state index contributed by atoms with van der Waals surface area (Å²) in [5.74, 6) is -0.662. The highest BCUT2D eigenvalue weighted by atomic mass is 16.5. The van der Waals surface area contributed by atoms with Crippen molar-refractivity contribution in [2.75, 3.05) is 7.11 Å². The van der Waals surface area contributed by atoms with E-state index in [1.165, 1.54) is 83.5 Å². The molecule has 1 N–H and O–H groups in total. The van der Waals surface area contributed by atoms with Crippen molar-refractivity contribution in [2.24, 2.45) is 0 Å². The Balaban J connectivity index is 3.25. The molecule has 0 aliphatic rings. The van der Waals surface area contributed by atoms with Gasteiger partial charge in [0.1, 0.15) is 0 Å². The fourth-order valence-electron chi connectivity index (χ4n) is 3.06. The lowest BCUT2D eigenvalue weighted by Gasteiger charge is -2.15. The minimum atomic E-state index is -0.662. The van der Waals surface area contributed by atoms with Crippen molar-refractivity contribution in [2.45, 2.75) is 116 Å². The minimum Gasteiger partial charge on any atom is -0.481 e. The van der Waals surface area contributed by atoms with Crippen LogP contribution in [0.2, 0.25) is 0 Å². The van der Waals surface area contributed by atoms with Gasteiger partial charge in [-0.15, -0.1) is 0 Å². The monoisotopic (exact) mass is 328 g/mol. The van der Waals surface area contributed by atoms with Crippen LogP contribution in [-0.2, 0) is 9.53 Å². The third-order valence-corrected chi connectivity index (χ3v) is 4.63. The van der Waals surface area contributed by atoms with Crippen LogP contribution in [0.15, 0.2) is 0 Å². The van der Waals surface area contributed by atoms with E-state index < -0.39 is 5.97 Å². The molecule has 0 aliphatic carbocycles. The van der Waals surface area contributed by atoms with E-state index in [9.17, 15) is 4.79 Å². The number of carboxylic acid groups (broad SMARTS) is 1. The zero-order chi connectivity index (χ0) is 17.2. The van der Waals surface area contributed by atoms with E-state index in [4.69, 9.17) is 9.84 Å². The summed E-state index contributed by atoms with van der Waals surface area (Å²) in [5.41, 5.74) is 0. The Kier molecular flexibility index (Phi) is 17.3. The van der Waals surface area contributed by atoms with Crippen LogP contribution >= 0.6 is 0 Å². The van der Waals surface area contributed by atoms with Gasteiger partial charge in [0.2, 0.25) is 0 Å². The molecule has 0 bridgehead atoms. The topological polar surface area (TPSA) is 46.5 Å². The molecule has 0 aromatic rings. The van der Waals surface area contributed by atoms with E-state index in [1.807, 2.05) is 7.11 Å². The first-order valence-corrected chi connectivity index (χ1v) is 9.95. The lowest BCUT2D eigenvalue weighted by molar-refractivity contribution is -0.137. The third kappa shape index (κ3) is 17.6. The van der Waals surface area contributed by atoms with Gasteiger partial charge in [0.05, 0.1) is 6.10 Å². The summed E-state index contributed by atoms with van der Waals surface area (Å²) in [6.45, 7) is 2.25. The van der Waals surface area contributed by atoms with Gasteiger partial charge in [-0.05, 0) is 19.3 Å². The second kappa shape index (κ2) is 17.8. The fraction of sp³-hybridized carbons (Fsp3) is 0.950. The molecule has 0 saturated carbocycles. The van der Waals surface area contributed by atoms with Gasteiger partial charge in [-0.1, -0.05) is 84.0 Å². The molecule has 1 atom stereocenters. The van der Waals surface area contributed by atoms with Gasteiger partial charge in [-0.3, -0.25) is 4.79 Å². The highest BCUT2D eigenvalue weighted by Gasteiger charge is 2.06. The number of ether oxygens (including phenoxy) is 1. The van der Waals surface area contributed by atoms with Gasteiger partial charge in [0, 0.05) is 13.5 Å². The molecule has 0 saturated heterocycles. The van der Waals surface area contributed by atoms with Crippen LogP contribution in [0.4, 0.5) is 0 Å². The average molecular weight is 329 g/mol. The molecule has 0 fully saturated rings. The minimum absolute atomic E-state index is 0.332. The van der Waals surface area contributed by atoms with Crippen LogP contribution in [0.3, 0.4) is 0 Å². The third-order valence-electron chi connectivity index (χ3n) is 4.63. The van der Waals surface area contributed by atoms with Crippen LogP contribution in [0.25, 0.3) is 0 Å². The Hall–Kier alpha value is -0.570. The fourth-order valence-corrected chi connectivity index (χ4v) is 3.06. The molecule has 0 aromatic carbocycles. The number of carboxylic acids is 1. The summed E-state index contributed by atoms with van der Waals surface area (Å²) in [6, 6.07) is 0. The molecule has 138 valence electrons. The molecule has 0 aliphatic heterocycles. The van der Waals surface area contributed by atoms with Gasteiger partial charge >= 0.3 is 5.97 Å². The summed E-state index contributed by atoms with van der Waals surface area (Å²) in [6.07, 6.45) is 19.5. The number of methoxy groups -OCH3 is 1. The standard InChI is InChI=1S/C20H40O3/c1-3-4-5-13-16-19(23-2)17-14-11-9-7-6-8-10-12-15-18-20(21)22/h19H,3-18H2,1-2H3,(H,21,22). The summed E-state index contributed by atoms with van der Waals surface area (Å²) in [5, 5.41) is 8.56. The summed E-state index contributed by atoms with van der Waals surface area (Å²) in [7, 11) is 1.86. The lowest BCUT2D eigenvalue weighted by Crippen LogP contribution is -2.10. The molecule has 0 amide bonds. The molecule has 0 heterocycles. The molecule has 0 rings (SSSR count). The predicted molar refractivity (Wildman–Crippen MR) is 98.0 cm³/mol. The first kappa shape index (κ1) is 22.4. The van der Waals surface area contributed by atoms with Crippen LogP contribution in [0.1, 0.15) is 110 Å². The Labute approximate surface area is 144 Å². The highest BCUT2D eigenvalue weighted by Crippen LogP contribution is 2.16. The van der Waals surface area contributed by atoms with Crippen molar-refractivity contribution >= 4 is 5.97 Å². The maximum atomic E-state index is 10.4. The van der Waals surface area contributed by atoms with Crippen LogP contribution in [0, 0.1) is 0 Å². The molecular formula is C20H40O3. The molecule has 3 heteroatoms. The van der Waals surface area contributed by atoms with Gasteiger partial charge in [-0.2, -0.15) is 0 Å². The zero-order valence-electron chi connectivity index (χ0n) is 15.7. The van der Waals surface area contributed by atoms with Crippen molar-refractivity contribution < 1.29 is 14.6 Å². The smallest absolute Gasteiger partial charge is 0.303 e. The Morgan fingerprint density at radius 2 is 1.22 bits per heavy atom. The lowest BCUT2D eigenvalue weighted by atomic mass is 10.0. The Bertz CT molecular complexity index is 253. The van der Waals surface area contributed by atoms with Gasteiger partial charge in [0.15, 0.2) is 0 Å². The summed E-state index contributed by atoms with van der Waals surface area (Å²) >= 11 is 0. The predicted octanol–water partition coefficient (Wildman–Crippen LogP) is 6.35. The molecule has 1 unspecified atom stereocenters. The molecular weight excluding hydrogens is 288 g/mol. The summed E-state index contributed by atoms with van der Waals surface area (Å²) < 4.78 is 5.59. The Morgan fingerprint density at radius 3 is 1.65 bits per heavy atom. The Morgan fingerprint density at radius 1 is 0.783 bits per heavy atom. The van der Waals surface area contributed by atoms with E-state index >= 15 is 0 Å². The zero-order valence-corrected chi connectivity index (χ0v) is 15.7. The van der Waals surface area contributed by atoms with Crippen LogP contribution < -0.4 is 0 Å². The number of carbonyl (C=O) groups is 1. The molecule has 23 heavy (non-hydrogen) atoms. The summed E-state index contributed by atoms with van der Waals surface area (Å²) in [4.78, 5) is 10.4. The molecule has 0 spiro atoms. The molecule has 3 nitrogen and oxygen atoms in total. The maximum absolute atomic E-state index is 10.4. The van der Waals surface area contributed by atoms with Crippen molar-refractivity contribution in [1.29, 1.82) is 0 Å². The van der Waals surface area contributed by atoms with Crippen LogP contribution in [-0.4, -0.2) is 24.3 Å². The van der Waals surface area contributed by atoms with E-state index in [2.05, 4.69) is 6.92 Å². The number of rotatable bonds is 18. The number of unbranched alkanes of at least 4 members (excludes halogenated alkanes) is 11. The average Bonchev–Trinajstić information content (AvgIpc) is 2.54. The van der Waals surface area contributed by atoms with E-state index in [1.54, 1.807) is 0 Å². The van der Waals surface area contributed by atoms with Crippen molar-refractivity contribution in [3.05, 3.63) is 0 Å². The second-order valence-electron chi connectivity index (χ2n) is 6.82. The van der Waals surface area contributed by atoms with Gasteiger partial charge in [0.25, 0.3) is 0 Å². The van der Waals surface area contributed by atoms with Gasteiger partial charge in [-0.25, -0.2) is 0 Å². The first-order valence-electron chi connectivity index (χ1n) is 9.95. The second-order valence-corrected chi connectivity index (χ2v) is 6.82. The molecule has 0 aromatic heterocycles. The molecule has 0 radical (unpaired) electrons. The first-order chi connectivity index (χ1) is 11.2. The van der Waals surface area contributed by atoms with E-state index in [-0.39, 0.29) is 0 Å². The quantitative estimate of drug-likeness (QED) is 0.298. The highest BCUT2D eigenvalue weighted by molar-refractivity contribution is 5.66. The largest absolute Gasteiger partial charge is 0.481 e. The van der Waals surface area contributed by atoms with Crippen molar-refractivity contribution in [3.63, 3.8) is 0 Å². The van der Waals surface area contributed by atoms with Crippen LogP contribution in [0.5, 0.6) is 0 Å². The number of hydrogen-bond donors (Lipinski definition) is 1. The normalized spacial score (nSPS) is 12.4. The number of hydrogen-bond acceptors (Lipinski definition) is 2. The number of aliphatic carboxylic acids is 1. The van der Waals surface area contributed by atoms with Gasteiger partial charge < -0.3 is 9.84 Å². The SMILES string of the molecule is CCCCCCC(CCCCCCCCCCCC(=O)O)OC. The maximum Gasteiger partial charge on any atom is 0.303 e. The van der Waals surface area contributed by atoms with Crippen molar-refractivity contribution in [1.82, 2.24) is 0 Å².